The summed E-state index contributed by atoms with van der Waals surface area (Å²) in [5.74, 6) is 0.675. The van der Waals surface area contributed by atoms with E-state index in [9.17, 15) is 9.59 Å². The SMILES string of the molecule is CCOc1cc(C(=O)Nc2cccc(NC(N)=O)c2)ccc1OCc1cccnc1. The maximum Gasteiger partial charge on any atom is 0.316 e. The van der Waals surface area contributed by atoms with Crippen LogP contribution >= 0.6 is 0 Å². The maximum absolute atomic E-state index is 12.7. The van der Waals surface area contributed by atoms with Crippen molar-refractivity contribution in [1.29, 1.82) is 0 Å². The Morgan fingerprint density at radius 2 is 1.77 bits per heavy atom. The molecule has 0 radical (unpaired) electrons. The molecule has 2 aromatic carbocycles. The second kappa shape index (κ2) is 9.92. The van der Waals surface area contributed by atoms with Gasteiger partial charge in [0, 0.05) is 34.9 Å². The first-order valence-corrected chi connectivity index (χ1v) is 9.31. The molecule has 0 fully saturated rings. The number of hydrogen-bond donors (Lipinski definition) is 3. The zero-order valence-electron chi connectivity index (χ0n) is 16.4. The molecule has 0 saturated carbocycles. The van der Waals surface area contributed by atoms with E-state index in [1.54, 1.807) is 54.9 Å². The van der Waals surface area contributed by atoms with Gasteiger partial charge in [0.05, 0.1) is 6.61 Å². The van der Waals surface area contributed by atoms with Crippen molar-refractivity contribution in [2.24, 2.45) is 5.73 Å². The zero-order chi connectivity index (χ0) is 21.3. The van der Waals surface area contributed by atoms with Crippen LogP contribution in [-0.4, -0.2) is 23.5 Å². The van der Waals surface area contributed by atoms with Crippen molar-refractivity contribution in [1.82, 2.24) is 4.98 Å². The molecule has 3 rings (SSSR count). The third-order valence-electron chi connectivity index (χ3n) is 4.01. The van der Waals surface area contributed by atoms with E-state index in [0.29, 0.717) is 41.7 Å². The predicted octanol–water partition coefficient (Wildman–Crippen LogP) is 3.80. The van der Waals surface area contributed by atoms with E-state index in [2.05, 4.69) is 15.6 Å². The number of benzene rings is 2. The van der Waals surface area contributed by atoms with Crippen molar-refractivity contribution >= 4 is 23.3 Å². The molecule has 0 bridgehead atoms. The van der Waals surface area contributed by atoms with Gasteiger partial charge in [-0.3, -0.25) is 9.78 Å². The molecule has 1 aromatic heterocycles. The number of amides is 3. The van der Waals surface area contributed by atoms with E-state index in [-0.39, 0.29) is 5.91 Å². The number of aromatic nitrogens is 1. The number of pyridine rings is 1. The minimum atomic E-state index is -0.679. The lowest BCUT2D eigenvalue weighted by Gasteiger charge is -2.14. The summed E-state index contributed by atoms with van der Waals surface area (Å²) in [6, 6.07) is 14.7. The van der Waals surface area contributed by atoms with E-state index < -0.39 is 6.03 Å². The van der Waals surface area contributed by atoms with Crippen molar-refractivity contribution in [2.45, 2.75) is 13.5 Å². The molecule has 0 spiro atoms. The Morgan fingerprint density at radius 1 is 0.967 bits per heavy atom. The lowest BCUT2D eigenvalue weighted by atomic mass is 10.1. The van der Waals surface area contributed by atoms with Gasteiger partial charge in [-0.1, -0.05) is 12.1 Å². The summed E-state index contributed by atoms with van der Waals surface area (Å²) in [4.78, 5) is 27.7. The summed E-state index contributed by atoms with van der Waals surface area (Å²) >= 11 is 0. The smallest absolute Gasteiger partial charge is 0.316 e. The van der Waals surface area contributed by atoms with Gasteiger partial charge >= 0.3 is 6.03 Å². The molecule has 154 valence electrons. The third kappa shape index (κ3) is 5.71. The fourth-order valence-electron chi connectivity index (χ4n) is 2.70. The van der Waals surface area contributed by atoms with Crippen LogP contribution in [0.4, 0.5) is 16.2 Å². The van der Waals surface area contributed by atoms with Gasteiger partial charge in [0.1, 0.15) is 6.61 Å². The number of primary amides is 1. The minimum Gasteiger partial charge on any atom is -0.490 e. The van der Waals surface area contributed by atoms with Gasteiger partial charge in [0.2, 0.25) is 0 Å². The second-order valence-electron chi connectivity index (χ2n) is 6.27. The maximum atomic E-state index is 12.7. The summed E-state index contributed by atoms with van der Waals surface area (Å²) in [6.07, 6.45) is 3.42. The summed E-state index contributed by atoms with van der Waals surface area (Å²) in [5.41, 5.74) is 7.44. The van der Waals surface area contributed by atoms with Crippen LogP contribution in [-0.2, 0) is 6.61 Å². The fourth-order valence-corrected chi connectivity index (χ4v) is 2.70. The molecule has 8 nitrogen and oxygen atoms in total. The van der Waals surface area contributed by atoms with E-state index in [1.807, 2.05) is 19.1 Å². The molecule has 3 aromatic rings. The van der Waals surface area contributed by atoms with Gasteiger partial charge < -0.3 is 25.8 Å². The highest BCUT2D eigenvalue weighted by molar-refractivity contribution is 6.05. The van der Waals surface area contributed by atoms with Crippen molar-refractivity contribution in [2.75, 3.05) is 17.2 Å². The number of carbonyl (C=O) groups is 2. The highest BCUT2D eigenvalue weighted by Gasteiger charge is 2.13. The van der Waals surface area contributed by atoms with Crippen molar-refractivity contribution < 1.29 is 19.1 Å². The number of rotatable bonds is 8. The van der Waals surface area contributed by atoms with Crippen LogP contribution in [0, 0.1) is 0 Å². The van der Waals surface area contributed by atoms with Gasteiger partial charge in [-0.15, -0.1) is 0 Å². The van der Waals surface area contributed by atoms with Crippen molar-refractivity contribution in [3.8, 4) is 11.5 Å². The standard InChI is InChI=1S/C22H22N4O4/c1-2-29-20-11-16(8-9-19(20)30-14-15-5-4-10-24-13-15)21(27)25-17-6-3-7-18(12-17)26-22(23)28/h3-13H,2,14H2,1H3,(H,25,27)(H3,23,26,28). The van der Waals surface area contributed by atoms with Crippen molar-refractivity contribution in [3.63, 3.8) is 0 Å². The highest BCUT2D eigenvalue weighted by Crippen LogP contribution is 2.29. The fraction of sp³-hybridized carbons (Fsp3) is 0.136. The number of hydrogen-bond acceptors (Lipinski definition) is 5. The number of carbonyl (C=O) groups excluding carboxylic acids is 2. The zero-order valence-corrected chi connectivity index (χ0v) is 16.4. The van der Waals surface area contributed by atoms with Gasteiger partial charge in [-0.25, -0.2) is 4.79 Å². The van der Waals surface area contributed by atoms with E-state index in [1.165, 1.54) is 0 Å². The van der Waals surface area contributed by atoms with Crippen molar-refractivity contribution in [3.05, 3.63) is 78.1 Å². The summed E-state index contributed by atoms with van der Waals surface area (Å²) < 4.78 is 11.5. The second-order valence-corrected chi connectivity index (χ2v) is 6.27. The number of nitrogens with two attached hydrogens (primary N) is 1. The largest absolute Gasteiger partial charge is 0.490 e. The average molecular weight is 406 g/mol. The molecule has 0 aliphatic heterocycles. The van der Waals surface area contributed by atoms with Crippen LogP contribution < -0.4 is 25.8 Å². The number of anilines is 2. The topological polar surface area (TPSA) is 116 Å². The van der Waals surface area contributed by atoms with Gasteiger partial charge in [-0.2, -0.15) is 0 Å². The Hall–Kier alpha value is -4.07. The molecule has 0 saturated heterocycles. The molecule has 0 aliphatic carbocycles. The monoisotopic (exact) mass is 406 g/mol. The molecule has 8 heteroatoms. The molecule has 4 N–H and O–H groups in total. The molecule has 1 heterocycles. The first-order chi connectivity index (χ1) is 14.5. The summed E-state index contributed by atoms with van der Waals surface area (Å²) in [7, 11) is 0. The Bertz CT molecular complexity index is 1020. The van der Waals surface area contributed by atoms with Crippen LogP contribution in [0.15, 0.2) is 67.0 Å². The molecule has 0 atom stereocenters. The van der Waals surface area contributed by atoms with Gasteiger partial charge in [0.15, 0.2) is 11.5 Å². The van der Waals surface area contributed by atoms with Crippen LogP contribution in [0.1, 0.15) is 22.8 Å². The van der Waals surface area contributed by atoms with Gasteiger partial charge in [-0.05, 0) is 49.4 Å². The molecule has 0 aliphatic rings. The first-order valence-electron chi connectivity index (χ1n) is 9.31. The molecular weight excluding hydrogens is 384 g/mol. The molecule has 0 unspecified atom stereocenters. The Morgan fingerprint density at radius 3 is 2.47 bits per heavy atom. The van der Waals surface area contributed by atoms with Crippen LogP contribution in [0.5, 0.6) is 11.5 Å². The minimum absolute atomic E-state index is 0.328. The third-order valence-corrected chi connectivity index (χ3v) is 4.01. The Balaban J connectivity index is 1.73. The van der Waals surface area contributed by atoms with E-state index in [4.69, 9.17) is 15.2 Å². The molecular formula is C22H22N4O4. The van der Waals surface area contributed by atoms with Gasteiger partial charge in [0.25, 0.3) is 5.91 Å². The quantitative estimate of drug-likeness (QED) is 0.526. The number of nitrogens with one attached hydrogen (secondary N) is 2. The lowest BCUT2D eigenvalue weighted by Crippen LogP contribution is -2.19. The van der Waals surface area contributed by atoms with E-state index >= 15 is 0 Å². The normalized spacial score (nSPS) is 10.2. The van der Waals surface area contributed by atoms with Crippen LogP contribution in [0.25, 0.3) is 0 Å². The predicted molar refractivity (Wildman–Crippen MR) is 114 cm³/mol. The number of nitrogens with zero attached hydrogens (tertiary/aromatic N) is 1. The molecule has 3 amide bonds. The summed E-state index contributed by atoms with van der Waals surface area (Å²) in [6.45, 7) is 2.61. The Kier molecular flexibility index (Phi) is 6.83. The molecule has 30 heavy (non-hydrogen) atoms. The highest BCUT2D eigenvalue weighted by atomic mass is 16.5. The van der Waals surface area contributed by atoms with E-state index in [0.717, 1.165) is 5.56 Å². The number of ether oxygens (including phenoxy) is 2. The first kappa shape index (κ1) is 20.7. The number of urea groups is 1. The Labute approximate surface area is 174 Å². The van der Waals surface area contributed by atoms with Crippen LogP contribution in [0.3, 0.4) is 0 Å². The lowest BCUT2D eigenvalue weighted by molar-refractivity contribution is 0.102. The average Bonchev–Trinajstić information content (AvgIpc) is 2.73. The summed E-state index contributed by atoms with van der Waals surface area (Å²) in [5, 5.41) is 5.25. The van der Waals surface area contributed by atoms with Crippen LogP contribution in [0.2, 0.25) is 0 Å².